The highest BCUT2D eigenvalue weighted by Crippen LogP contribution is 2.20. The molecule has 0 saturated heterocycles. The Morgan fingerprint density at radius 1 is 1.02 bits per heavy atom. The van der Waals surface area contributed by atoms with E-state index in [0.717, 1.165) is 16.2 Å². The first-order valence-corrected chi connectivity index (χ1v) is 13.3. The number of nitrogens with zero attached hydrogens (tertiary/aromatic N) is 2. The molecule has 0 aliphatic carbocycles. The van der Waals surface area contributed by atoms with E-state index < -0.39 is 41.1 Å². The highest BCUT2D eigenvalue weighted by molar-refractivity contribution is 6.33. The molecule has 0 bridgehead atoms. The fraction of sp³-hybridized carbons (Fsp3) is 0.267. The van der Waals surface area contributed by atoms with Crippen LogP contribution < -0.4 is 21.9 Å². The number of nitrogens with one attached hydrogen (secondary N) is 2. The third kappa shape index (κ3) is 6.39. The number of halogens is 2. The van der Waals surface area contributed by atoms with E-state index >= 15 is 0 Å². The van der Waals surface area contributed by atoms with Gasteiger partial charge in [-0.15, -0.1) is 0 Å². The molecule has 1 amide bonds. The Morgan fingerprint density at radius 2 is 1.71 bits per heavy atom. The van der Waals surface area contributed by atoms with Gasteiger partial charge in [0.25, 0.3) is 11.5 Å². The molecule has 0 fully saturated rings. The van der Waals surface area contributed by atoms with Crippen LogP contribution in [0.15, 0.2) is 70.3 Å². The molecular weight excluding hydrogens is 551 g/mol. The van der Waals surface area contributed by atoms with Gasteiger partial charge in [0, 0.05) is 20.0 Å². The number of amides is 1. The van der Waals surface area contributed by atoms with Crippen molar-refractivity contribution in [3.63, 3.8) is 0 Å². The van der Waals surface area contributed by atoms with Crippen molar-refractivity contribution in [2.45, 2.75) is 39.0 Å². The third-order valence-electron chi connectivity index (χ3n) is 6.48. The first-order valence-electron chi connectivity index (χ1n) is 13.0. The number of fused-ring (bicyclic) bond motifs is 1. The molecule has 0 radical (unpaired) electrons. The van der Waals surface area contributed by atoms with Crippen LogP contribution in [0.25, 0.3) is 16.6 Å². The quantitative estimate of drug-likeness (QED) is 0.293. The molecule has 0 aliphatic heterocycles. The zero-order valence-electron chi connectivity index (χ0n) is 23.0. The number of hydrogen-bond acceptors (Lipinski definition) is 6. The maximum atomic E-state index is 14.3. The van der Waals surface area contributed by atoms with Crippen LogP contribution in [0.3, 0.4) is 0 Å². The summed E-state index contributed by atoms with van der Waals surface area (Å²) in [5.74, 6) is -2.39. The minimum atomic E-state index is -1.16. The Morgan fingerprint density at radius 3 is 2.34 bits per heavy atom. The molecule has 3 aromatic carbocycles. The molecule has 1 aromatic heterocycles. The van der Waals surface area contributed by atoms with Crippen molar-refractivity contribution in [2.24, 2.45) is 7.05 Å². The SMILES string of the molecule is CNCc1ccc2c(c1)c(=O)n(-c1ccc(C[C@H](NC(=O)c3c(F)cccc3Cl)C(=O)OC(C)C)cc1)c(=O)n2C. The molecule has 0 aliphatic rings. The van der Waals surface area contributed by atoms with E-state index in [1.807, 2.05) is 6.07 Å². The first-order chi connectivity index (χ1) is 19.5. The lowest BCUT2D eigenvalue weighted by Crippen LogP contribution is -2.44. The van der Waals surface area contributed by atoms with Crippen LogP contribution in [0.1, 0.15) is 35.3 Å². The molecule has 0 saturated carbocycles. The van der Waals surface area contributed by atoms with Gasteiger partial charge in [-0.25, -0.2) is 18.5 Å². The Bertz CT molecular complexity index is 1710. The second-order valence-electron chi connectivity index (χ2n) is 9.84. The van der Waals surface area contributed by atoms with Crippen LogP contribution in [-0.4, -0.2) is 40.2 Å². The van der Waals surface area contributed by atoms with E-state index in [-0.39, 0.29) is 17.0 Å². The van der Waals surface area contributed by atoms with Crippen molar-refractivity contribution in [1.82, 2.24) is 19.8 Å². The van der Waals surface area contributed by atoms with Crippen LogP contribution in [-0.2, 0) is 29.5 Å². The lowest BCUT2D eigenvalue weighted by atomic mass is 10.0. The highest BCUT2D eigenvalue weighted by Gasteiger charge is 2.26. The lowest BCUT2D eigenvalue weighted by molar-refractivity contribution is -0.149. The van der Waals surface area contributed by atoms with Gasteiger partial charge in [0.1, 0.15) is 11.9 Å². The molecule has 0 unspecified atom stereocenters. The number of aryl methyl sites for hydroxylation is 1. The van der Waals surface area contributed by atoms with Gasteiger partial charge in [-0.05, 0) is 68.4 Å². The standard InChI is InChI=1S/C30H30ClFN4O5/c1-17(2)41-29(39)24(34-27(37)26-22(31)6-5-7-23(26)32)15-18-8-11-20(12-9-18)36-28(38)21-14-19(16-33-3)10-13-25(21)35(4)30(36)40/h5-14,17,24,33H,15-16H2,1-4H3,(H,34,37)/t24-/m0/s1. The predicted octanol–water partition coefficient (Wildman–Crippen LogP) is 3.49. The highest BCUT2D eigenvalue weighted by atomic mass is 35.5. The maximum absolute atomic E-state index is 14.3. The molecular formula is C30H30ClFN4O5. The minimum absolute atomic E-state index is 0.00164. The van der Waals surface area contributed by atoms with E-state index in [1.54, 1.807) is 64.3 Å². The molecule has 11 heteroatoms. The second kappa shape index (κ2) is 12.5. The molecule has 214 valence electrons. The van der Waals surface area contributed by atoms with Gasteiger partial charge in [0.2, 0.25) is 0 Å². The molecule has 41 heavy (non-hydrogen) atoms. The van der Waals surface area contributed by atoms with Gasteiger partial charge < -0.3 is 15.4 Å². The monoisotopic (exact) mass is 580 g/mol. The normalized spacial score (nSPS) is 12.0. The molecule has 2 N–H and O–H groups in total. The summed E-state index contributed by atoms with van der Waals surface area (Å²) in [5.41, 5.74) is 1.01. The van der Waals surface area contributed by atoms with Crippen LogP contribution in [0, 0.1) is 5.82 Å². The largest absolute Gasteiger partial charge is 0.461 e. The predicted molar refractivity (Wildman–Crippen MR) is 155 cm³/mol. The number of aromatic nitrogens is 2. The van der Waals surface area contributed by atoms with Crippen LogP contribution in [0.5, 0.6) is 0 Å². The average Bonchev–Trinajstić information content (AvgIpc) is 2.92. The summed E-state index contributed by atoms with van der Waals surface area (Å²) in [6.45, 7) is 3.90. The van der Waals surface area contributed by atoms with E-state index in [2.05, 4.69) is 10.6 Å². The van der Waals surface area contributed by atoms with Crippen molar-refractivity contribution in [3.05, 3.63) is 109 Å². The Hall–Kier alpha value is -4.28. The molecule has 4 rings (SSSR count). The fourth-order valence-electron chi connectivity index (χ4n) is 4.52. The summed E-state index contributed by atoms with van der Waals surface area (Å²) in [7, 11) is 3.40. The van der Waals surface area contributed by atoms with Gasteiger partial charge in [-0.1, -0.05) is 35.9 Å². The van der Waals surface area contributed by atoms with Crippen molar-refractivity contribution in [3.8, 4) is 5.69 Å². The number of carbonyl (C=O) groups excluding carboxylic acids is 2. The van der Waals surface area contributed by atoms with Crippen molar-refractivity contribution in [2.75, 3.05) is 7.05 Å². The molecule has 4 aromatic rings. The number of benzene rings is 3. The zero-order chi connectivity index (χ0) is 29.8. The molecule has 1 heterocycles. The topological polar surface area (TPSA) is 111 Å². The van der Waals surface area contributed by atoms with Gasteiger partial charge in [-0.2, -0.15) is 0 Å². The fourth-order valence-corrected chi connectivity index (χ4v) is 4.77. The van der Waals surface area contributed by atoms with E-state index in [9.17, 15) is 23.6 Å². The molecule has 1 atom stereocenters. The summed E-state index contributed by atoms with van der Waals surface area (Å²) in [6.07, 6.45) is -0.451. The van der Waals surface area contributed by atoms with Crippen LogP contribution >= 0.6 is 11.6 Å². The number of esters is 1. The number of hydrogen-bond donors (Lipinski definition) is 2. The van der Waals surface area contributed by atoms with Gasteiger partial charge in [0.05, 0.1) is 33.3 Å². The van der Waals surface area contributed by atoms with Crippen LogP contribution in [0.2, 0.25) is 5.02 Å². The van der Waals surface area contributed by atoms with Crippen molar-refractivity contribution >= 4 is 34.4 Å². The second-order valence-corrected chi connectivity index (χ2v) is 10.3. The Balaban J connectivity index is 1.66. The van der Waals surface area contributed by atoms with Gasteiger partial charge in [0.15, 0.2) is 0 Å². The number of carbonyl (C=O) groups is 2. The number of ether oxygens (including phenoxy) is 1. The summed E-state index contributed by atoms with van der Waals surface area (Å²) in [6, 6.07) is 14.5. The average molecular weight is 581 g/mol. The smallest absolute Gasteiger partial charge is 0.335 e. The summed E-state index contributed by atoms with van der Waals surface area (Å²) in [4.78, 5) is 52.3. The zero-order valence-corrected chi connectivity index (χ0v) is 23.8. The Labute approximate surface area is 240 Å². The minimum Gasteiger partial charge on any atom is -0.461 e. The molecule has 9 nitrogen and oxygen atoms in total. The maximum Gasteiger partial charge on any atom is 0.335 e. The lowest BCUT2D eigenvalue weighted by Gasteiger charge is -2.20. The third-order valence-corrected chi connectivity index (χ3v) is 6.80. The van der Waals surface area contributed by atoms with E-state index in [0.29, 0.717) is 28.7 Å². The van der Waals surface area contributed by atoms with Crippen molar-refractivity contribution < 1.29 is 18.7 Å². The first kappa shape index (κ1) is 29.7. The van der Waals surface area contributed by atoms with Crippen molar-refractivity contribution in [1.29, 1.82) is 0 Å². The summed E-state index contributed by atoms with van der Waals surface area (Å²) >= 11 is 6.03. The Kier molecular flexibility index (Phi) is 9.05. The number of rotatable bonds is 9. The van der Waals surface area contributed by atoms with E-state index in [1.165, 1.54) is 16.7 Å². The van der Waals surface area contributed by atoms with Gasteiger partial charge >= 0.3 is 11.7 Å². The van der Waals surface area contributed by atoms with E-state index in [4.69, 9.17) is 16.3 Å². The summed E-state index contributed by atoms with van der Waals surface area (Å²) in [5, 5.41) is 5.87. The molecule has 0 spiro atoms. The van der Waals surface area contributed by atoms with Crippen LogP contribution in [0.4, 0.5) is 4.39 Å². The van der Waals surface area contributed by atoms with Gasteiger partial charge in [-0.3, -0.25) is 14.2 Å². The summed E-state index contributed by atoms with van der Waals surface area (Å²) < 4.78 is 22.1.